The Kier molecular flexibility index (Phi) is 4.53. The lowest BCUT2D eigenvalue weighted by Gasteiger charge is -2.49. The van der Waals surface area contributed by atoms with E-state index >= 15 is 0 Å². The lowest BCUT2D eigenvalue weighted by Crippen LogP contribution is -2.60. The first-order valence-corrected chi connectivity index (χ1v) is 9.10. The first-order chi connectivity index (χ1) is 13.4. The van der Waals surface area contributed by atoms with Gasteiger partial charge in [0.25, 0.3) is 0 Å². The summed E-state index contributed by atoms with van der Waals surface area (Å²) in [6.45, 7) is 6.03. The van der Waals surface area contributed by atoms with Crippen LogP contribution in [-0.4, -0.2) is 43.0 Å². The SMILES string of the molecule is C=CC(=O)N1CCN2c3ccccc3N(c3ccc(C(F)(F)F)cc3)C[C@@H]2C1. The zero-order valence-electron chi connectivity index (χ0n) is 15.2. The summed E-state index contributed by atoms with van der Waals surface area (Å²) in [6, 6.07) is 13.2. The van der Waals surface area contributed by atoms with E-state index in [9.17, 15) is 18.0 Å². The van der Waals surface area contributed by atoms with Gasteiger partial charge in [0.1, 0.15) is 0 Å². The fourth-order valence-electron chi connectivity index (χ4n) is 3.98. The van der Waals surface area contributed by atoms with Crippen molar-refractivity contribution >= 4 is 23.0 Å². The third kappa shape index (κ3) is 3.21. The number of carbonyl (C=O) groups is 1. The Balaban J connectivity index is 1.68. The predicted molar refractivity (Wildman–Crippen MR) is 103 cm³/mol. The van der Waals surface area contributed by atoms with Crippen molar-refractivity contribution in [3.05, 3.63) is 66.7 Å². The number of hydrogen-bond acceptors (Lipinski definition) is 3. The number of nitrogens with zero attached hydrogens (tertiary/aromatic N) is 3. The minimum Gasteiger partial charge on any atom is -0.361 e. The van der Waals surface area contributed by atoms with Crippen LogP contribution in [0.25, 0.3) is 0 Å². The second-order valence-corrected chi connectivity index (χ2v) is 6.98. The quantitative estimate of drug-likeness (QED) is 0.727. The zero-order chi connectivity index (χ0) is 19.9. The van der Waals surface area contributed by atoms with Crippen molar-refractivity contribution in [2.75, 3.05) is 36.0 Å². The zero-order valence-corrected chi connectivity index (χ0v) is 15.2. The molecule has 0 bridgehead atoms. The van der Waals surface area contributed by atoms with Crippen LogP contribution >= 0.6 is 0 Å². The Morgan fingerprint density at radius 3 is 2.32 bits per heavy atom. The van der Waals surface area contributed by atoms with Gasteiger partial charge in [-0.25, -0.2) is 0 Å². The Morgan fingerprint density at radius 1 is 1.00 bits per heavy atom. The molecule has 28 heavy (non-hydrogen) atoms. The Morgan fingerprint density at radius 2 is 1.68 bits per heavy atom. The molecule has 2 aromatic rings. The molecule has 1 atom stereocenters. The average Bonchev–Trinajstić information content (AvgIpc) is 2.71. The number of benzene rings is 2. The van der Waals surface area contributed by atoms with E-state index in [0.717, 1.165) is 23.5 Å². The molecule has 146 valence electrons. The molecule has 1 saturated heterocycles. The monoisotopic (exact) mass is 387 g/mol. The van der Waals surface area contributed by atoms with E-state index in [2.05, 4.69) is 11.5 Å². The van der Waals surface area contributed by atoms with Crippen LogP contribution in [0, 0.1) is 0 Å². The van der Waals surface area contributed by atoms with Gasteiger partial charge in [-0.1, -0.05) is 18.7 Å². The van der Waals surface area contributed by atoms with Crippen LogP contribution in [0.3, 0.4) is 0 Å². The van der Waals surface area contributed by atoms with Gasteiger partial charge >= 0.3 is 6.18 Å². The topological polar surface area (TPSA) is 26.8 Å². The molecule has 0 aromatic heterocycles. The molecular formula is C21H20F3N3O. The molecule has 2 aliphatic rings. The lowest BCUT2D eigenvalue weighted by atomic mass is 10.0. The molecule has 2 aliphatic heterocycles. The largest absolute Gasteiger partial charge is 0.416 e. The maximum atomic E-state index is 12.9. The first-order valence-electron chi connectivity index (χ1n) is 9.10. The van der Waals surface area contributed by atoms with Crippen molar-refractivity contribution < 1.29 is 18.0 Å². The van der Waals surface area contributed by atoms with E-state index in [4.69, 9.17) is 0 Å². The Bertz CT molecular complexity index is 895. The van der Waals surface area contributed by atoms with E-state index < -0.39 is 11.7 Å². The molecular weight excluding hydrogens is 367 g/mol. The predicted octanol–water partition coefficient (Wildman–Crippen LogP) is 4.06. The summed E-state index contributed by atoms with van der Waals surface area (Å²) in [5, 5.41) is 0. The maximum Gasteiger partial charge on any atom is 0.416 e. The number of para-hydroxylation sites is 2. The van der Waals surface area contributed by atoms with Crippen molar-refractivity contribution in [2.24, 2.45) is 0 Å². The highest BCUT2D eigenvalue weighted by molar-refractivity contribution is 5.87. The number of amides is 1. The number of rotatable bonds is 2. The molecule has 0 saturated carbocycles. The second kappa shape index (κ2) is 6.89. The highest BCUT2D eigenvalue weighted by atomic mass is 19.4. The van der Waals surface area contributed by atoms with Gasteiger partial charge in [-0.05, 0) is 42.5 Å². The molecule has 1 fully saturated rings. The average molecular weight is 387 g/mol. The summed E-state index contributed by atoms with van der Waals surface area (Å²) in [5.41, 5.74) is 2.03. The number of piperazine rings is 1. The van der Waals surface area contributed by atoms with Gasteiger partial charge in [0.2, 0.25) is 5.91 Å². The van der Waals surface area contributed by atoms with Crippen LogP contribution in [0.1, 0.15) is 5.56 Å². The van der Waals surface area contributed by atoms with Crippen molar-refractivity contribution in [3.8, 4) is 0 Å². The summed E-state index contributed by atoms with van der Waals surface area (Å²) in [4.78, 5) is 18.1. The van der Waals surface area contributed by atoms with Crippen LogP contribution in [-0.2, 0) is 11.0 Å². The molecule has 4 nitrogen and oxygen atoms in total. The lowest BCUT2D eigenvalue weighted by molar-refractivity contribution is -0.137. The Labute approximate surface area is 161 Å². The van der Waals surface area contributed by atoms with Gasteiger partial charge in [0.05, 0.1) is 23.0 Å². The maximum absolute atomic E-state index is 12.9. The minimum atomic E-state index is -4.36. The molecule has 0 unspecified atom stereocenters. The highest BCUT2D eigenvalue weighted by Crippen LogP contribution is 2.41. The van der Waals surface area contributed by atoms with Crippen molar-refractivity contribution in [2.45, 2.75) is 12.2 Å². The Hall–Kier alpha value is -2.96. The molecule has 1 amide bonds. The summed E-state index contributed by atoms with van der Waals surface area (Å²) >= 11 is 0. The molecule has 7 heteroatoms. The molecule has 2 aromatic carbocycles. The first kappa shape index (κ1) is 18.4. The van der Waals surface area contributed by atoms with E-state index in [0.29, 0.717) is 31.9 Å². The molecule has 2 heterocycles. The molecule has 0 spiro atoms. The number of anilines is 3. The van der Waals surface area contributed by atoms with Crippen LogP contribution in [0.5, 0.6) is 0 Å². The fraction of sp³-hybridized carbons (Fsp3) is 0.286. The third-order valence-electron chi connectivity index (χ3n) is 5.35. The fourth-order valence-corrected chi connectivity index (χ4v) is 3.98. The van der Waals surface area contributed by atoms with Crippen LogP contribution in [0.15, 0.2) is 61.2 Å². The van der Waals surface area contributed by atoms with Gasteiger partial charge < -0.3 is 14.7 Å². The third-order valence-corrected chi connectivity index (χ3v) is 5.35. The summed E-state index contributed by atoms with van der Waals surface area (Å²) in [6.07, 6.45) is -3.04. The smallest absolute Gasteiger partial charge is 0.361 e. The molecule has 0 N–H and O–H groups in total. The van der Waals surface area contributed by atoms with Crippen LogP contribution in [0.4, 0.5) is 30.2 Å². The van der Waals surface area contributed by atoms with Crippen molar-refractivity contribution in [1.82, 2.24) is 4.90 Å². The number of alkyl halides is 3. The molecule has 0 aliphatic carbocycles. The highest BCUT2D eigenvalue weighted by Gasteiger charge is 2.36. The van der Waals surface area contributed by atoms with Gasteiger partial charge in [0, 0.05) is 31.9 Å². The number of halogens is 3. The normalized spacial score (nSPS) is 19.1. The second-order valence-electron chi connectivity index (χ2n) is 6.98. The minimum absolute atomic E-state index is 0.0508. The van der Waals surface area contributed by atoms with Crippen LogP contribution in [0.2, 0.25) is 0 Å². The standard InChI is InChI=1S/C21H20F3N3O/c1-2-20(28)25-11-12-26-17(13-25)14-27(19-6-4-3-5-18(19)26)16-9-7-15(8-10-16)21(22,23)24/h2-10,17H,1,11-14H2/t17-/m0/s1. The number of hydrogen-bond donors (Lipinski definition) is 0. The van der Waals surface area contributed by atoms with Gasteiger partial charge in [-0.2, -0.15) is 13.2 Å². The van der Waals surface area contributed by atoms with Crippen molar-refractivity contribution in [3.63, 3.8) is 0 Å². The van der Waals surface area contributed by atoms with E-state index in [1.807, 2.05) is 29.2 Å². The molecule has 0 radical (unpaired) electrons. The summed E-state index contributed by atoms with van der Waals surface area (Å²) in [7, 11) is 0. The summed E-state index contributed by atoms with van der Waals surface area (Å²) in [5.74, 6) is -0.0976. The van der Waals surface area contributed by atoms with Gasteiger partial charge in [-0.15, -0.1) is 0 Å². The van der Waals surface area contributed by atoms with Gasteiger partial charge in [0.15, 0.2) is 0 Å². The van der Waals surface area contributed by atoms with Gasteiger partial charge in [-0.3, -0.25) is 4.79 Å². The van der Waals surface area contributed by atoms with E-state index in [1.165, 1.54) is 18.2 Å². The molecule has 4 rings (SSSR count). The van der Waals surface area contributed by atoms with Crippen LogP contribution < -0.4 is 9.80 Å². The number of carbonyl (C=O) groups excluding carboxylic acids is 1. The number of fused-ring (bicyclic) bond motifs is 3. The van der Waals surface area contributed by atoms with Crippen molar-refractivity contribution in [1.29, 1.82) is 0 Å². The van der Waals surface area contributed by atoms with E-state index in [-0.39, 0.29) is 11.9 Å². The summed E-state index contributed by atoms with van der Waals surface area (Å²) < 4.78 is 38.7. The van der Waals surface area contributed by atoms with E-state index in [1.54, 1.807) is 4.90 Å².